The van der Waals surface area contributed by atoms with Crippen molar-refractivity contribution in [2.45, 2.75) is 19.8 Å². The zero-order valence-corrected chi connectivity index (χ0v) is 16.8. The van der Waals surface area contributed by atoms with E-state index in [4.69, 9.17) is 10.5 Å². The Kier molecular flexibility index (Phi) is 6.54. The summed E-state index contributed by atoms with van der Waals surface area (Å²) in [6.07, 6.45) is 3.34. The average molecular weight is 397 g/mol. The maximum absolute atomic E-state index is 11.8. The van der Waals surface area contributed by atoms with Gasteiger partial charge in [-0.15, -0.1) is 0 Å². The zero-order chi connectivity index (χ0) is 20.8. The molecule has 1 aliphatic heterocycles. The molecule has 8 nitrogen and oxygen atoms in total. The van der Waals surface area contributed by atoms with Crippen LogP contribution in [0.3, 0.4) is 0 Å². The van der Waals surface area contributed by atoms with E-state index in [0.717, 1.165) is 37.4 Å². The molecule has 8 heteroatoms. The summed E-state index contributed by atoms with van der Waals surface area (Å²) in [7, 11) is 1.62. The smallest absolute Gasteiger partial charge is 0.252 e. The number of methoxy groups -OCH3 is 1. The second-order valence-electron chi connectivity index (χ2n) is 7.16. The number of hydrogen-bond donors (Lipinski definition) is 3. The van der Waals surface area contributed by atoms with Crippen LogP contribution in [-0.4, -0.2) is 48.4 Å². The number of carbonyl (C=O) groups is 2. The van der Waals surface area contributed by atoms with Crippen LogP contribution < -0.4 is 21.1 Å². The predicted molar refractivity (Wildman–Crippen MR) is 112 cm³/mol. The van der Waals surface area contributed by atoms with Crippen molar-refractivity contribution in [2.24, 2.45) is 11.7 Å². The molecule has 1 aromatic heterocycles. The summed E-state index contributed by atoms with van der Waals surface area (Å²) >= 11 is 0. The maximum atomic E-state index is 11.8. The van der Waals surface area contributed by atoms with Crippen molar-refractivity contribution in [1.82, 2.24) is 9.88 Å². The second-order valence-corrected chi connectivity index (χ2v) is 7.16. The first-order valence-electron chi connectivity index (χ1n) is 9.66. The van der Waals surface area contributed by atoms with Crippen molar-refractivity contribution < 1.29 is 14.3 Å². The van der Waals surface area contributed by atoms with Gasteiger partial charge in [0.25, 0.3) is 5.91 Å². The first-order chi connectivity index (χ1) is 14.0. The Hall–Kier alpha value is -3.29. The van der Waals surface area contributed by atoms with Gasteiger partial charge in [-0.2, -0.15) is 0 Å². The summed E-state index contributed by atoms with van der Waals surface area (Å²) in [6, 6.07) is 9.27. The summed E-state index contributed by atoms with van der Waals surface area (Å²) in [5, 5.41) is 6.56. The van der Waals surface area contributed by atoms with E-state index in [0.29, 0.717) is 29.5 Å². The lowest BCUT2D eigenvalue weighted by Crippen LogP contribution is -2.38. The number of nitrogens with two attached hydrogens (primary N) is 1. The minimum Gasteiger partial charge on any atom is -0.497 e. The van der Waals surface area contributed by atoms with Crippen LogP contribution in [-0.2, 0) is 4.79 Å². The lowest BCUT2D eigenvalue weighted by Gasteiger charge is -2.31. The van der Waals surface area contributed by atoms with Crippen LogP contribution in [0.5, 0.6) is 5.75 Å². The molecular formula is C21H27N5O3. The first-order valence-corrected chi connectivity index (χ1v) is 9.66. The number of anilines is 3. The molecule has 2 heterocycles. The molecule has 4 N–H and O–H groups in total. The van der Waals surface area contributed by atoms with Crippen LogP contribution in [0.15, 0.2) is 36.5 Å². The van der Waals surface area contributed by atoms with E-state index in [9.17, 15) is 9.59 Å². The largest absolute Gasteiger partial charge is 0.497 e. The number of primary amides is 1. The molecule has 0 radical (unpaired) electrons. The molecule has 1 aromatic carbocycles. The Morgan fingerprint density at radius 2 is 1.93 bits per heavy atom. The Balaban J connectivity index is 1.67. The van der Waals surface area contributed by atoms with Gasteiger partial charge in [-0.3, -0.25) is 9.59 Å². The molecule has 0 saturated carbocycles. The van der Waals surface area contributed by atoms with E-state index in [1.807, 2.05) is 29.2 Å². The van der Waals surface area contributed by atoms with E-state index in [1.54, 1.807) is 20.1 Å². The number of nitrogens with zero attached hydrogens (tertiary/aromatic N) is 2. The number of likely N-dealkylation sites (tertiary alicyclic amines) is 1. The van der Waals surface area contributed by atoms with Crippen LogP contribution >= 0.6 is 0 Å². The summed E-state index contributed by atoms with van der Waals surface area (Å²) in [5.74, 6) is 1.40. The van der Waals surface area contributed by atoms with Crippen LogP contribution in [0, 0.1) is 5.92 Å². The molecule has 0 unspecified atom stereocenters. The molecule has 1 fully saturated rings. The molecule has 29 heavy (non-hydrogen) atoms. The Morgan fingerprint density at radius 3 is 2.52 bits per heavy atom. The number of rotatable bonds is 7. The van der Waals surface area contributed by atoms with Gasteiger partial charge < -0.3 is 26.0 Å². The summed E-state index contributed by atoms with van der Waals surface area (Å²) in [5.41, 5.74) is 7.37. The molecule has 154 valence electrons. The maximum Gasteiger partial charge on any atom is 0.252 e. The highest BCUT2D eigenvalue weighted by Crippen LogP contribution is 2.24. The number of carbonyl (C=O) groups excluding carboxylic acids is 2. The second kappa shape index (κ2) is 9.27. The number of pyridine rings is 1. The number of hydrogen-bond acceptors (Lipinski definition) is 6. The number of piperidine rings is 1. The third kappa shape index (κ3) is 5.37. The molecule has 0 spiro atoms. The fourth-order valence-electron chi connectivity index (χ4n) is 3.39. The first kappa shape index (κ1) is 20.4. The molecule has 3 rings (SSSR count). The van der Waals surface area contributed by atoms with Gasteiger partial charge in [0.1, 0.15) is 11.6 Å². The van der Waals surface area contributed by atoms with Gasteiger partial charge in [0.05, 0.1) is 18.4 Å². The van der Waals surface area contributed by atoms with Crippen molar-refractivity contribution in [3.8, 4) is 5.75 Å². The van der Waals surface area contributed by atoms with Crippen molar-refractivity contribution in [2.75, 3.05) is 37.4 Å². The molecule has 0 bridgehead atoms. The van der Waals surface area contributed by atoms with Crippen LogP contribution in [0.25, 0.3) is 0 Å². The van der Waals surface area contributed by atoms with Crippen molar-refractivity contribution in [3.05, 3.63) is 42.1 Å². The van der Waals surface area contributed by atoms with E-state index in [1.165, 1.54) is 6.20 Å². The monoisotopic (exact) mass is 397 g/mol. The molecular weight excluding hydrogens is 370 g/mol. The van der Waals surface area contributed by atoms with Crippen molar-refractivity contribution in [1.29, 1.82) is 0 Å². The topological polar surface area (TPSA) is 110 Å². The van der Waals surface area contributed by atoms with Gasteiger partial charge in [0.2, 0.25) is 5.91 Å². The fraction of sp³-hybridized carbons (Fsp3) is 0.381. The minimum atomic E-state index is -0.526. The van der Waals surface area contributed by atoms with E-state index in [2.05, 4.69) is 15.6 Å². The highest BCUT2D eigenvalue weighted by Gasteiger charge is 2.21. The number of aromatic nitrogens is 1. The summed E-state index contributed by atoms with van der Waals surface area (Å²) in [4.78, 5) is 29.4. The standard InChI is InChI=1S/C21H27N5O3/c1-14(27)26-9-7-15(8-10-26)12-23-19-11-20(24-13-18(19)21(22)28)25-16-3-5-17(29-2)6-4-16/h3-6,11,13,15H,7-10,12H2,1-2H3,(H2,22,28)(H2,23,24,25). The van der Waals surface area contributed by atoms with E-state index >= 15 is 0 Å². The molecule has 2 amide bonds. The van der Waals surface area contributed by atoms with Gasteiger partial charge in [-0.25, -0.2) is 4.98 Å². The Morgan fingerprint density at radius 1 is 1.24 bits per heavy atom. The van der Waals surface area contributed by atoms with E-state index in [-0.39, 0.29) is 5.91 Å². The Bertz CT molecular complexity index is 861. The summed E-state index contributed by atoms with van der Waals surface area (Å²) < 4.78 is 5.16. The number of amides is 2. The van der Waals surface area contributed by atoms with Gasteiger partial charge in [-0.05, 0) is 43.0 Å². The molecule has 1 aliphatic rings. The fourth-order valence-corrected chi connectivity index (χ4v) is 3.39. The lowest BCUT2D eigenvalue weighted by molar-refractivity contribution is -0.130. The molecule has 1 saturated heterocycles. The van der Waals surface area contributed by atoms with E-state index < -0.39 is 5.91 Å². The third-order valence-corrected chi connectivity index (χ3v) is 5.17. The highest BCUT2D eigenvalue weighted by atomic mass is 16.5. The SMILES string of the molecule is COc1ccc(Nc2cc(NCC3CCN(C(C)=O)CC3)c(C(N)=O)cn2)cc1. The zero-order valence-electron chi connectivity index (χ0n) is 16.8. The lowest BCUT2D eigenvalue weighted by atomic mass is 9.96. The number of nitrogens with one attached hydrogen (secondary N) is 2. The van der Waals surface area contributed by atoms with Crippen LogP contribution in [0.2, 0.25) is 0 Å². The Labute approximate surface area is 170 Å². The van der Waals surface area contributed by atoms with Crippen molar-refractivity contribution >= 4 is 29.0 Å². The number of benzene rings is 1. The van der Waals surface area contributed by atoms with Gasteiger partial charge in [0, 0.05) is 44.5 Å². The van der Waals surface area contributed by atoms with Gasteiger partial charge in [-0.1, -0.05) is 0 Å². The molecule has 0 atom stereocenters. The minimum absolute atomic E-state index is 0.121. The average Bonchev–Trinajstić information content (AvgIpc) is 2.73. The normalized spacial score (nSPS) is 14.3. The molecule has 0 aliphatic carbocycles. The number of ether oxygens (including phenoxy) is 1. The predicted octanol–water partition coefficient (Wildman–Crippen LogP) is 2.60. The third-order valence-electron chi connectivity index (χ3n) is 5.17. The van der Waals surface area contributed by atoms with Crippen LogP contribution in [0.1, 0.15) is 30.1 Å². The highest BCUT2D eigenvalue weighted by molar-refractivity contribution is 5.98. The molecule has 2 aromatic rings. The van der Waals surface area contributed by atoms with Gasteiger partial charge in [0.15, 0.2) is 0 Å². The summed E-state index contributed by atoms with van der Waals surface area (Å²) in [6.45, 7) is 3.85. The van der Waals surface area contributed by atoms with Gasteiger partial charge >= 0.3 is 0 Å². The van der Waals surface area contributed by atoms with Crippen LogP contribution in [0.4, 0.5) is 17.2 Å². The van der Waals surface area contributed by atoms with Crippen molar-refractivity contribution in [3.63, 3.8) is 0 Å². The quantitative estimate of drug-likeness (QED) is 0.663.